The van der Waals surface area contributed by atoms with E-state index in [2.05, 4.69) is 0 Å². The summed E-state index contributed by atoms with van der Waals surface area (Å²) in [6, 6.07) is 0. The number of ether oxygens (including phenoxy) is 1. The molecule has 3 N–H and O–H groups in total. The van der Waals surface area contributed by atoms with Crippen molar-refractivity contribution in [3.63, 3.8) is 0 Å². The summed E-state index contributed by atoms with van der Waals surface area (Å²) < 4.78 is 5.13. The fourth-order valence-corrected chi connectivity index (χ4v) is 8.30. The Morgan fingerprint density at radius 1 is 1.10 bits per heavy atom. The lowest BCUT2D eigenvalue weighted by Gasteiger charge is -2.64. The second kappa shape index (κ2) is 6.38. The Kier molecular flexibility index (Phi) is 4.34. The van der Waals surface area contributed by atoms with Gasteiger partial charge in [0, 0.05) is 16.9 Å². The topological polar surface area (TPSA) is 104 Å². The molecule has 0 radical (unpaired) electrons. The van der Waals surface area contributed by atoms with Crippen molar-refractivity contribution in [3.05, 3.63) is 11.6 Å². The maximum Gasteiger partial charge on any atom is 0.331 e. The van der Waals surface area contributed by atoms with Gasteiger partial charge < -0.3 is 24.9 Å². The number of carbonyl (C=O) groups is 2. The molecule has 0 aromatic heterocycles. The minimum Gasteiger partial charge on any atom is -0.458 e. The van der Waals surface area contributed by atoms with E-state index in [0.29, 0.717) is 38.5 Å². The van der Waals surface area contributed by atoms with Gasteiger partial charge in [0.15, 0.2) is 0 Å². The number of aldehydes is 1. The number of esters is 1. The van der Waals surface area contributed by atoms with Gasteiger partial charge >= 0.3 is 5.97 Å². The quantitative estimate of drug-likeness (QED) is 0.479. The Morgan fingerprint density at radius 2 is 1.90 bits per heavy atom. The normalized spacial score (nSPS) is 54.1. The van der Waals surface area contributed by atoms with Crippen LogP contribution in [0.25, 0.3) is 0 Å². The summed E-state index contributed by atoms with van der Waals surface area (Å²) in [6.07, 6.45) is 6.85. The average molecular weight is 405 g/mol. The van der Waals surface area contributed by atoms with Crippen LogP contribution in [0.3, 0.4) is 0 Å². The Labute approximate surface area is 171 Å². The number of aliphatic hydroxyl groups excluding tert-OH is 2. The molecule has 29 heavy (non-hydrogen) atoms. The van der Waals surface area contributed by atoms with E-state index >= 15 is 0 Å². The maximum absolute atomic E-state index is 12.5. The van der Waals surface area contributed by atoms with Gasteiger partial charge in [-0.15, -0.1) is 0 Å². The summed E-state index contributed by atoms with van der Waals surface area (Å²) in [4.78, 5) is 24.1. The zero-order valence-corrected chi connectivity index (χ0v) is 17.0. The third-order valence-corrected chi connectivity index (χ3v) is 9.83. The van der Waals surface area contributed by atoms with Gasteiger partial charge in [-0.1, -0.05) is 6.92 Å². The number of carbonyl (C=O) groups excluding carboxylic acids is 2. The van der Waals surface area contributed by atoms with Gasteiger partial charge in [0.1, 0.15) is 12.9 Å². The molecule has 1 heterocycles. The molecule has 4 fully saturated rings. The first-order chi connectivity index (χ1) is 13.8. The van der Waals surface area contributed by atoms with Crippen molar-refractivity contribution in [1.29, 1.82) is 0 Å². The van der Waals surface area contributed by atoms with Crippen molar-refractivity contribution in [2.75, 3.05) is 6.61 Å². The molecule has 6 nitrogen and oxygen atoms in total. The Morgan fingerprint density at radius 3 is 2.59 bits per heavy atom. The predicted octanol–water partition coefficient (Wildman–Crippen LogP) is 1.75. The first kappa shape index (κ1) is 19.7. The van der Waals surface area contributed by atoms with Crippen LogP contribution in [0, 0.1) is 34.5 Å². The van der Waals surface area contributed by atoms with Crippen LogP contribution in [0.1, 0.15) is 58.3 Å². The second-order valence-electron chi connectivity index (χ2n) is 10.5. The summed E-state index contributed by atoms with van der Waals surface area (Å²) in [5.41, 5.74) is -1.49. The van der Waals surface area contributed by atoms with Gasteiger partial charge in [0.2, 0.25) is 0 Å². The Balaban J connectivity index is 1.53. The smallest absolute Gasteiger partial charge is 0.331 e. The summed E-state index contributed by atoms with van der Waals surface area (Å²) in [5, 5.41) is 33.7. The summed E-state index contributed by atoms with van der Waals surface area (Å²) in [5.74, 6) is -0.410. The highest BCUT2D eigenvalue weighted by atomic mass is 16.5. The van der Waals surface area contributed by atoms with Crippen LogP contribution in [0.5, 0.6) is 0 Å². The molecule has 0 unspecified atom stereocenters. The lowest BCUT2D eigenvalue weighted by Crippen LogP contribution is -2.67. The van der Waals surface area contributed by atoms with E-state index in [1.54, 1.807) is 0 Å². The van der Waals surface area contributed by atoms with Crippen molar-refractivity contribution in [3.8, 4) is 0 Å². The molecule has 6 heteroatoms. The van der Waals surface area contributed by atoms with Crippen LogP contribution in [-0.4, -0.2) is 52.0 Å². The van der Waals surface area contributed by atoms with E-state index in [9.17, 15) is 24.9 Å². The van der Waals surface area contributed by atoms with Gasteiger partial charge in [-0.3, -0.25) is 0 Å². The first-order valence-corrected chi connectivity index (χ1v) is 11.2. The standard InChI is InChI=1S/C23H32O6/c1-21-16(13-8-20(27)29-11-13)5-7-23(21,28)17-3-2-14-9-15(25)4-6-22(14,12-24)18(17)10-19(21)26/h8,12,14-19,25-26,28H,2-7,9-11H2,1H3/t14-,15+,16+,17+,18-,19+,21-,22+,23-/m0/s1. The van der Waals surface area contributed by atoms with Crippen molar-refractivity contribution >= 4 is 12.3 Å². The number of fused-ring (bicyclic) bond motifs is 5. The van der Waals surface area contributed by atoms with E-state index in [-0.39, 0.29) is 42.4 Å². The van der Waals surface area contributed by atoms with Crippen LogP contribution in [0.2, 0.25) is 0 Å². The highest BCUT2D eigenvalue weighted by Gasteiger charge is 2.71. The Bertz CT molecular complexity index is 762. The van der Waals surface area contributed by atoms with E-state index in [1.807, 2.05) is 6.92 Å². The van der Waals surface area contributed by atoms with Crippen LogP contribution in [0.15, 0.2) is 11.6 Å². The van der Waals surface area contributed by atoms with Gasteiger partial charge in [-0.2, -0.15) is 0 Å². The lowest BCUT2D eigenvalue weighted by molar-refractivity contribution is -0.241. The number of cyclic esters (lactones) is 1. The zero-order valence-electron chi connectivity index (χ0n) is 17.0. The third kappa shape index (κ3) is 2.40. The molecule has 0 spiro atoms. The van der Waals surface area contributed by atoms with E-state index in [1.165, 1.54) is 6.08 Å². The molecule has 5 aliphatic rings. The van der Waals surface area contributed by atoms with Crippen molar-refractivity contribution in [1.82, 2.24) is 0 Å². The Hall–Kier alpha value is -1.24. The van der Waals surface area contributed by atoms with Crippen LogP contribution in [-0.2, 0) is 14.3 Å². The largest absolute Gasteiger partial charge is 0.458 e. The minimum absolute atomic E-state index is 0.0452. The molecule has 4 saturated carbocycles. The molecule has 1 aliphatic heterocycles. The molecule has 9 atom stereocenters. The molecule has 0 saturated heterocycles. The molecular weight excluding hydrogens is 372 g/mol. The van der Waals surface area contributed by atoms with Gasteiger partial charge in [0.25, 0.3) is 0 Å². The summed E-state index contributed by atoms with van der Waals surface area (Å²) in [6.45, 7) is 2.22. The SMILES string of the molecule is C[C@]12[C@H](O)C[C@H]3[C@@H](CC[C@H]4C[C@H](O)CC[C@@]43C=O)[C@@]1(O)CC[C@@H]2C1=CC(=O)OC1. The van der Waals surface area contributed by atoms with Crippen molar-refractivity contribution in [2.45, 2.75) is 76.1 Å². The van der Waals surface area contributed by atoms with Crippen LogP contribution >= 0.6 is 0 Å². The van der Waals surface area contributed by atoms with Crippen LogP contribution < -0.4 is 0 Å². The monoisotopic (exact) mass is 404 g/mol. The minimum atomic E-state index is -1.07. The van der Waals surface area contributed by atoms with E-state index < -0.39 is 22.5 Å². The molecule has 0 aromatic rings. The molecule has 0 bridgehead atoms. The molecule has 5 rings (SSSR count). The molecule has 160 valence electrons. The van der Waals surface area contributed by atoms with Crippen LogP contribution in [0.4, 0.5) is 0 Å². The first-order valence-electron chi connectivity index (χ1n) is 11.2. The fraction of sp³-hybridized carbons (Fsp3) is 0.826. The lowest BCUT2D eigenvalue weighted by atomic mass is 9.42. The summed E-state index contributed by atoms with van der Waals surface area (Å²) in [7, 11) is 0. The van der Waals surface area contributed by atoms with E-state index in [0.717, 1.165) is 24.7 Å². The number of rotatable bonds is 2. The maximum atomic E-state index is 12.5. The number of hydrogen-bond acceptors (Lipinski definition) is 6. The highest BCUT2D eigenvalue weighted by Crippen LogP contribution is 2.69. The number of aliphatic hydroxyl groups is 3. The second-order valence-corrected chi connectivity index (χ2v) is 10.5. The highest BCUT2D eigenvalue weighted by molar-refractivity contribution is 5.85. The zero-order chi connectivity index (χ0) is 20.6. The molecule has 4 aliphatic carbocycles. The van der Waals surface area contributed by atoms with Gasteiger partial charge in [-0.25, -0.2) is 4.79 Å². The van der Waals surface area contributed by atoms with E-state index in [4.69, 9.17) is 4.74 Å². The number of hydrogen-bond donors (Lipinski definition) is 3. The fourth-order valence-electron chi connectivity index (χ4n) is 8.30. The van der Waals surface area contributed by atoms with Gasteiger partial charge in [-0.05, 0) is 80.6 Å². The summed E-state index contributed by atoms with van der Waals surface area (Å²) >= 11 is 0. The van der Waals surface area contributed by atoms with Crippen molar-refractivity contribution < 1.29 is 29.6 Å². The van der Waals surface area contributed by atoms with Gasteiger partial charge in [0.05, 0.1) is 17.8 Å². The molecular formula is C23H32O6. The third-order valence-electron chi connectivity index (χ3n) is 9.83. The molecule has 0 aromatic carbocycles. The average Bonchev–Trinajstić information content (AvgIpc) is 3.24. The molecule has 0 amide bonds. The predicted molar refractivity (Wildman–Crippen MR) is 104 cm³/mol. The van der Waals surface area contributed by atoms with Crippen molar-refractivity contribution in [2.24, 2.45) is 34.5 Å².